The van der Waals surface area contributed by atoms with Gasteiger partial charge in [0.2, 0.25) is 10.0 Å². The Morgan fingerprint density at radius 3 is 2.12 bits per heavy atom. The van der Waals surface area contributed by atoms with Crippen LogP contribution in [-0.4, -0.2) is 27.6 Å². The van der Waals surface area contributed by atoms with Crippen LogP contribution in [0.15, 0.2) is 54.6 Å². The minimum absolute atomic E-state index is 0.0675. The summed E-state index contributed by atoms with van der Waals surface area (Å²) in [6.07, 6.45) is 1.98. The summed E-state index contributed by atoms with van der Waals surface area (Å²) in [6, 6.07) is 16.4. The molecule has 5 nitrogen and oxygen atoms in total. The predicted octanol–water partition coefficient (Wildman–Crippen LogP) is 3.60. The topological polar surface area (TPSA) is 66.5 Å². The molecule has 0 aromatic heterocycles. The number of nitrogens with one attached hydrogen (secondary N) is 1. The molecule has 140 valence electrons. The van der Waals surface area contributed by atoms with Gasteiger partial charge in [0.25, 0.3) is 5.91 Å². The number of carbonyl (C=O) groups excluding carboxylic acids is 1. The number of carbonyl (C=O) groups is 1. The van der Waals surface area contributed by atoms with E-state index < -0.39 is 10.0 Å². The van der Waals surface area contributed by atoms with Gasteiger partial charge in [-0.2, -0.15) is 0 Å². The lowest BCUT2D eigenvalue weighted by molar-refractivity contribution is 0.0932. The van der Waals surface area contributed by atoms with Gasteiger partial charge < -0.3 is 5.32 Å². The van der Waals surface area contributed by atoms with Crippen LogP contribution in [0, 0.1) is 5.92 Å². The Morgan fingerprint density at radius 2 is 1.62 bits per heavy atom. The third-order valence-corrected chi connectivity index (χ3v) is 5.41. The van der Waals surface area contributed by atoms with Crippen LogP contribution < -0.4 is 9.62 Å². The first-order chi connectivity index (χ1) is 12.2. The van der Waals surface area contributed by atoms with Gasteiger partial charge in [-0.1, -0.05) is 44.2 Å². The maximum absolute atomic E-state index is 12.6. The van der Waals surface area contributed by atoms with Crippen LogP contribution in [0.2, 0.25) is 0 Å². The highest BCUT2D eigenvalue weighted by Crippen LogP contribution is 2.22. The number of rotatable bonds is 7. The van der Waals surface area contributed by atoms with E-state index in [-0.39, 0.29) is 11.9 Å². The fraction of sp³-hybridized carbons (Fsp3) is 0.350. The standard InChI is InChI=1S/C20H26N2O3S/c1-15(2)14-19(16-8-6-5-7-9-16)21-20(23)17-10-12-18(13-11-17)22(3)26(4,24)25/h5-13,15,19H,14H2,1-4H3,(H,21,23). The van der Waals surface area contributed by atoms with E-state index in [4.69, 9.17) is 0 Å². The van der Waals surface area contributed by atoms with Gasteiger partial charge in [-0.05, 0) is 42.2 Å². The van der Waals surface area contributed by atoms with E-state index in [1.807, 2.05) is 30.3 Å². The third-order valence-electron chi connectivity index (χ3n) is 4.20. The number of nitrogens with zero attached hydrogens (tertiary/aromatic N) is 1. The number of benzene rings is 2. The lowest BCUT2D eigenvalue weighted by atomic mass is 9.96. The van der Waals surface area contributed by atoms with Crippen molar-refractivity contribution in [3.8, 4) is 0 Å². The molecule has 0 saturated heterocycles. The van der Waals surface area contributed by atoms with E-state index in [1.54, 1.807) is 24.3 Å². The molecular weight excluding hydrogens is 348 g/mol. The second-order valence-electron chi connectivity index (χ2n) is 6.84. The van der Waals surface area contributed by atoms with Crippen molar-refractivity contribution in [2.24, 2.45) is 5.92 Å². The number of hydrogen-bond donors (Lipinski definition) is 1. The van der Waals surface area contributed by atoms with Crippen molar-refractivity contribution in [2.45, 2.75) is 26.3 Å². The smallest absolute Gasteiger partial charge is 0.251 e. The Balaban J connectivity index is 2.16. The van der Waals surface area contributed by atoms with Crippen LogP contribution in [-0.2, 0) is 10.0 Å². The van der Waals surface area contributed by atoms with Gasteiger partial charge in [0.1, 0.15) is 0 Å². The van der Waals surface area contributed by atoms with Crippen LogP contribution in [0.4, 0.5) is 5.69 Å². The van der Waals surface area contributed by atoms with Gasteiger partial charge >= 0.3 is 0 Å². The van der Waals surface area contributed by atoms with Crippen molar-refractivity contribution < 1.29 is 13.2 Å². The molecule has 26 heavy (non-hydrogen) atoms. The molecule has 1 atom stereocenters. The fourth-order valence-electron chi connectivity index (χ4n) is 2.69. The molecule has 0 heterocycles. The molecule has 0 saturated carbocycles. The van der Waals surface area contributed by atoms with E-state index >= 15 is 0 Å². The highest BCUT2D eigenvalue weighted by atomic mass is 32.2. The molecule has 0 aliphatic rings. The maximum atomic E-state index is 12.6. The molecular formula is C20H26N2O3S. The first-order valence-electron chi connectivity index (χ1n) is 8.58. The average molecular weight is 375 g/mol. The summed E-state index contributed by atoms with van der Waals surface area (Å²) in [5, 5.41) is 3.09. The van der Waals surface area contributed by atoms with E-state index in [9.17, 15) is 13.2 Å². The molecule has 0 aliphatic heterocycles. The molecule has 0 fully saturated rings. The summed E-state index contributed by atoms with van der Waals surface area (Å²) in [5.74, 6) is 0.263. The van der Waals surface area contributed by atoms with Crippen molar-refractivity contribution in [3.05, 3.63) is 65.7 Å². The summed E-state index contributed by atoms with van der Waals surface area (Å²) < 4.78 is 24.4. The fourth-order valence-corrected chi connectivity index (χ4v) is 3.20. The Bertz CT molecular complexity index is 831. The SMILES string of the molecule is CC(C)CC(NC(=O)c1ccc(N(C)S(C)(=O)=O)cc1)c1ccccc1. The lowest BCUT2D eigenvalue weighted by Crippen LogP contribution is -2.29. The molecule has 0 bridgehead atoms. The number of anilines is 1. The van der Waals surface area contributed by atoms with E-state index in [0.29, 0.717) is 17.2 Å². The second-order valence-corrected chi connectivity index (χ2v) is 8.86. The summed E-state index contributed by atoms with van der Waals surface area (Å²) in [6.45, 7) is 4.25. The second kappa shape index (κ2) is 8.36. The number of amides is 1. The third kappa shape index (κ3) is 5.33. The highest BCUT2D eigenvalue weighted by Gasteiger charge is 2.18. The zero-order valence-electron chi connectivity index (χ0n) is 15.6. The molecule has 0 radical (unpaired) electrons. The largest absolute Gasteiger partial charge is 0.345 e. The molecule has 0 spiro atoms. The van der Waals surface area contributed by atoms with Crippen molar-refractivity contribution in [2.75, 3.05) is 17.6 Å². The quantitative estimate of drug-likeness (QED) is 0.805. The highest BCUT2D eigenvalue weighted by molar-refractivity contribution is 7.92. The summed E-state index contributed by atoms with van der Waals surface area (Å²) in [7, 11) is -1.84. The molecule has 2 aromatic rings. The average Bonchev–Trinajstić information content (AvgIpc) is 2.60. The molecule has 2 aromatic carbocycles. The first-order valence-corrected chi connectivity index (χ1v) is 10.4. The molecule has 0 aliphatic carbocycles. The Hall–Kier alpha value is -2.34. The normalized spacial score (nSPS) is 12.7. The van der Waals surface area contributed by atoms with Gasteiger partial charge in [0.15, 0.2) is 0 Å². The summed E-state index contributed by atoms with van der Waals surface area (Å²) >= 11 is 0. The predicted molar refractivity (Wildman–Crippen MR) is 106 cm³/mol. The summed E-state index contributed by atoms with van der Waals surface area (Å²) in [4.78, 5) is 12.6. The van der Waals surface area contributed by atoms with Crippen molar-refractivity contribution in [1.82, 2.24) is 5.32 Å². The minimum Gasteiger partial charge on any atom is -0.345 e. The Morgan fingerprint density at radius 1 is 1.04 bits per heavy atom. The van der Waals surface area contributed by atoms with Gasteiger partial charge in [-0.15, -0.1) is 0 Å². The molecule has 6 heteroatoms. The Labute approximate surface area is 156 Å². The minimum atomic E-state index is -3.32. The molecule has 1 N–H and O–H groups in total. The van der Waals surface area contributed by atoms with Gasteiger partial charge in [-0.3, -0.25) is 9.10 Å². The van der Waals surface area contributed by atoms with Crippen LogP contribution in [0.5, 0.6) is 0 Å². The lowest BCUT2D eigenvalue weighted by Gasteiger charge is -2.21. The maximum Gasteiger partial charge on any atom is 0.251 e. The molecule has 1 amide bonds. The van der Waals surface area contributed by atoms with Gasteiger partial charge in [0, 0.05) is 12.6 Å². The van der Waals surface area contributed by atoms with Crippen LogP contribution in [0.25, 0.3) is 0 Å². The van der Waals surface area contributed by atoms with Crippen LogP contribution in [0.1, 0.15) is 42.2 Å². The van der Waals surface area contributed by atoms with E-state index in [0.717, 1.165) is 18.2 Å². The monoisotopic (exact) mass is 374 g/mol. The molecule has 1 unspecified atom stereocenters. The van der Waals surface area contributed by atoms with Crippen molar-refractivity contribution in [3.63, 3.8) is 0 Å². The van der Waals surface area contributed by atoms with Crippen LogP contribution in [0.3, 0.4) is 0 Å². The number of hydrogen-bond acceptors (Lipinski definition) is 3. The van der Waals surface area contributed by atoms with E-state index in [2.05, 4.69) is 19.2 Å². The zero-order chi connectivity index (χ0) is 19.3. The summed E-state index contributed by atoms with van der Waals surface area (Å²) in [5.41, 5.74) is 2.09. The van der Waals surface area contributed by atoms with Crippen molar-refractivity contribution >= 4 is 21.6 Å². The molecule has 2 rings (SSSR count). The van der Waals surface area contributed by atoms with Crippen LogP contribution >= 0.6 is 0 Å². The van der Waals surface area contributed by atoms with Gasteiger partial charge in [-0.25, -0.2) is 8.42 Å². The Kier molecular flexibility index (Phi) is 6.42. The zero-order valence-corrected chi connectivity index (χ0v) is 16.5. The first kappa shape index (κ1) is 20.0. The number of sulfonamides is 1. The van der Waals surface area contributed by atoms with E-state index in [1.165, 1.54) is 11.4 Å². The van der Waals surface area contributed by atoms with Crippen molar-refractivity contribution in [1.29, 1.82) is 0 Å². The van der Waals surface area contributed by atoms with Gasteiger partial charge in [0.05, 0.1) is 18.0 Å².